The van der Waals surface area contributed by atoms with E-state index in [2.05, 4.69) is 21.3 Å². The fourth-order valence-electron chi connectivity index (χ4n) is 9.11. The molecule has 3 fully saturated rings. The highest BCUT2D eigenvalue weighted by molar-refractivity contribution is 7.92. The van der Waals surface area contributed by atoms with Crippen molar-refractivity contribution in [3.8, 4) is 22.9 Å². The normalized spacial score (nSPS) is 25.8. The molecule has 4 aliphatic rings. The van der Waals surface area contributed by atoms with E-state index in [-0.39, 0.29) is 37.6 Å². The molecule has 64 heavy (non-hydrogen) atoms. The zero-order valence-electron chi connectivity index (χ0n) is 37.7. The predicted molar refractivity (Wildman–Crippen MR) is 246 cm³/mol. The van der Waals surface area contributed by atoms with Crippen LogP contribution in [0, 0.1) is 5.92 Å². The van der Waals surface area contributed by atoms with Crippen molar-refractivity contribution in [2.24, 2.45) is 5.92 Å². The summed E-state index contributed by atoms with van der Waals surface area (Å²) >= 11 is 1.45. The number of methoxy groups -OCH3 is 1. The fourth-order valence-corrected chi connectivity index (χ4v) is 11.5. The van der Waals surface area contributed by atoms with Gasteiger partial charge in [-0.05, 0) is 85.3 Å². The van der Waals surface area contributed by atoms with Crippen LogP contribution >= 0.6 is 11.3 Å². The van der Waals surface area contributed by atoms with Crippen LogP contribution in [-0.2, 0) is 24.2 Å². The van der Waals surface area contributed by atoms with E-state index in [1.54, 1.807) is 46.1 Å². The van der Waals surface area contributed by atoms with E-state index < -0.39 is 73.6 Å². The Hall–Kier alpha value is -4.97. The number of carbonyl (C=O) groups is 4. The number of aliphatic carboxylic acids is 1. The molecular formula is C46H63N7O9S2. The third kappa shape index (κ3) is 10.4. The molecule has 4 amide bonds. The maximum atomic E-state index is 15.0. The molecule has 5 N–H and O–H groups in total. The molecule has 2 aromatic heterocycles. The molecule has 2 aliphatic carbocycles. The molecule has 348 valence electrons. The van der Waals surface area contributed by atoms with E-state index in [0.717, 1.165) is 37.2 Å². The van der Waals surface area contributed by atoms with Crippen LogP contribution in [0.3, 0.4) is 0 Å². The fraction of sp³-hybridized carbons (Fsp3) is 0.609. The Morgan fingerprint density at radius 2 is 1.80 bits per heavy atom. The van der Waals surface area contributed by atoms with Crippen LogP contribution in [0.15, 0.2) is 41.8 Å². The Kier molecular flexibility index (Phi) is 13.9. The molecule has 0 bridgehead atoms. The summed E-state index contributed by atoms with van der Waals surface area (Å²) < 4.78 is 38.3. The number of allylic oxidation sites excluding steroid dienone is 1. The van der Waals surface area contributed by atoms with Crippen LogP contribution in [0.5, 0.6) is 11.5 Å². The number of urea groups is 1. The molecule has 16 nitrogen and oxygen atoms in total. The van der Waals surface area contributed by atoms with Gasteiger partial charge in [0.1, 0.15) is 40.9 Å². The Morgan fingerprint density at radius 1 is 1.05 bits per heavy atom. The third-order valence-corrected chi connectivity index (χ3v) is 16.5. The summed E-state index contributed by atoms with van der Waals surface area (Å²) in [5.74, 6) is -1.87. The number of fused-ring (bicyclic) bond motifs is 3. The zero-order chi connectivity index (χ0) is 46.0. The smallest absolute Gasteiger partial charge is 0.330 e. The van der Waals surface area contributed by atoms with Gasteiger partial charge in [-0.15, -0.1) is 11.3 Å². The number of nitrogens with one attached hydrogen (secondary N) is 4. The summed E-state index contributed by atoms with van der Waals surface area (Å²) in [5, 5.41) is 25.8. The molecule has 5 atom stereocenters. The molecular weight excluding hydrogens is 859 g/mol. The van der Waals surface area contributed by atoms with Gasteiger partial charge in [0, 0.05) is 41.3 Å². The first-order valence-electron chi connectivity index (χ1n) is 22.5. The third-order valence-electron chi connectivity index (χ3n) is 13.0. The number of hydrogen-bond donors (Lipinski definition) is 5. The minimum absolute atomic E-state index is 0.0366. The SMILES string of the molecule is COc1ccc2c(O[C@@H]3C[C@H]4C(=O)N[C@]5(C(=O)O)CC5/C=C\CCCCC[C@@H](NC(=O)NC5(CS(=O)(=O)C(C)(C)C)CCCCC5)C(=O)N4C3)cc(-c3csc(NC(C)C)n3)nc2c1. The Bertz CT molecular complexity index is 2370. The van der Waals surface area contributed by atoms with Crippen LogP contribution in [0.25, 0.3) is 22.3 Å². The van der Waals surface area contributed by atoms with Gasteiger partial charge in [0.25, 0.3) is 0 Å². The van der Waals surface area contributed by atoms with E-state index in [9.17, 15) is 32.7 Å². The molecule has 0 spiro atoms. The van der Waals surface area contributed by atoms with Gasteiger partial charge in [0.15, 0.2) is 15.0 Å². The van der Waals surface area contributed by atoms with E-state index in [0.29, 0.717) is 59.5 Å². The average molecular weight is 922 g/mol. The van der Waals surface area contributed by atoms with Crippen molar-refractivity contribution >= 4 is 61.0 Å². The Morgan fingerprint density at radius 3 is 2.50 bits per heavy atom. The number of aromatic nitrogens is 2. The molecule has 7 rings (SSSR count). The van der Waals surface area contributed by atoms with Crippen LogP contribution in [-0.4, -0.2) is 112 Å². The first-order valence-corrected chi connectivity index (χ1v) is 25.1. The van der Waals surface area contributed by atoms with Crippen LogP contribution in [0.1, 0.15) is 112 Å². The molecule has 1 unspecified atom stereocenters. The highest BCUT2D eigenvalue weighted by atomic mass is 32.2. The lowest BCUT2D eigenvalue weighted by Crippen LogP contribution is -2.61. The second-order valence-corrected chi connectivity index (χ2v) is 22.8. The number of hydrogen-bond acceptors (Lipinski definition) is 12. The van der Waals surface area contributed by atoms with E-state index in [1.807, 2.05) is 37.4 Å². The van der Waals surface area contributed by atoms with Crippen molar-refractivity contribution < 1.29 is 42.2 Å². The second-order valence-electron chi connectivity index (χ2n) is 19.2. The number of amides is 4. The number of carbonyl (C=O) groups excluding carboxylic acids is 3. The number of carboxylic acid groups (broad SMARTS) is 1. The number of rotatable bonds is 11. The first-order chi connectivity index (χ1) is 30.3. The Balaban J connectivity index is 1.20. The monoisotopic (exact) mass is 921 g/mol. The van der Waals surface area contributed by atoms with E-state index in [4.69, 9.17) is 19.4 Å². The number of nitrogens with zero attached hydrogens (tertiary/aromatic N) is 3. The predicted octanol–water partition coefficient (Wildman–Crippen LogP) is 6.60. The van der Waals surface area contributed by atoms with Crippen LogP contribution in [0.2, 0.25) is 0 Å². The van der Waals surface area contributed by atoms with Gasteiger partial charge in [-0.3, -0.25) is 9.59 Å². The molecule has 4 heterocycles. The lowest BCUT2D eigenvalue weighted by molar-refractivity contribution is -0.145. The summed E-state index contributed by atoms with van der Waals surface area (Å²) in [6.07, 6.45) is 9.81. The molecule has 1 aromatic carbocycles. The van der Waals surface area contributed by atoms with Crippen molar-refractivity contribution in [3.05, 3.63) is 41.8 Å². The summed E-state index contributed by atoms with van der Waals surface area (Å²) in [6, 6.07) is 4.53. The summed E-state index contributed by atoms with van der Waals surface area (Å²) in [6.45, 7) is 8.98. The van der Waals surface area contributed by atoms with Gasteiger partial charge in [-0.1, -0.05) is 44.3 Å². The van der Waals surface area contributed by atoms with Crippen molar-refractivity contribution in [3.63, 3.8) is 0 Å². The molecule has 2 saturated carbocycles. The van der Waals surface area contributed by atoms with Crippen LogP contribution in [0.4, 0.5) is 9.93 Å². The minimum Gasteiger partial charge on any atom is -0.497 e. The maximum Gasteiger partial charge on any atom is 0.330 e. The van der Waals surface area contributed by atoms with Crippen molar-refractivity contribution in [1.29, 1.82) is 0 Å². The number of pyridine rings is 1. The lowest BCUT2D eigenvalue weighted by atomic mass is 9.83. The topological polar surface area (TPSA) is 218 Å². The zero-order valence-corrected chi connectivity index (χ0v) is 39.3. The minimum atomic E-state index is -3.62. The van der Waals surface area contributed by atoms with Crippen molar-refractivity contribution in [2.45, 2.75) is 152 Å². The number of anilines is 1. The van der Waals surface area contributed by atoms with E-state index >= 15 is 0 Å². The molecule has 18 heteroatoms. The van der Waals surface area contributed by atoms with Gasteiger partial charge in [0.05, 0.1) is 40.9 Å². The number of sulfone groups is 1. The lowest BCUT2D eigenvalue weighted by Gasteiger charge is -2.40. The Labute approximate surface area is 379 Å². The largest absolute Gasteiger partial charge is 0.497 e. The molecule has 3 aromatic rings. The highest BCUT2D eigenvalue weighted by Gasteiger charge is 2.61. The number of ether oxygens (including phenoxy) is 2. The summed E-state index contributed by atoms with van der Waals surface area (Å²) in [5.41, 5.74) is -0.763. The van der Waals surface area contributed by atoms with Gasteiger partial charge in [0.2, 0.25) is 11.8 Å². The number of thiazole rings is 1. The van der Waals surface area contributed by atoms with Gasteiger partial charge in [-0.2, -0.15) is 0 Å². The summed E-state index contributed by atoms with van der Waals surface area (Å²) in [4.78, 5) is 67.3. The van der Waals surface area contributed by atoms with Crippen molar-refractivity contribution in [2.75, 3.05) is 24.7 Å². The van der Waals surface area contributed by atoms with Crippen molar-refractivity contribution in [1.82, 2.24) is 30.8 Å². The molecule has 1 saturated heterocycles. The molecule has 2 aliphatic heterocycles. The summed E-state index contributed by atoms with van der Waals surface area (Å²) in [7, 11) is -2.05. The van der Waals surface area contributed by atoms with Gasteiger partial charge >= 0.3 is 12.0 Å². The standard InChI is InChI=1S/C46H63N7O9S2/c1-28(2)47-43-50-36(26-63-43)35-23-38(32-18-17-30(61-6)21-34(32)48-35)62-31-22-37-39(54)51-46(41(56)57)24-29(46)15-11-8-7-9-12-16-33(40(55)53(37)25-31)49-42(58)52-45(19-13-10-14-20-45)27-64(59,60)44(3,4)5/h11,15,17-18,21,23,26,28-29,31,33,37H,7-10,12-14,16,19-20,22,24-25,27H2,1-6H3,(H,47,50)(H,51,54)(H,56,57)(H2,49,52,58)/b15-11-/t29?,31-,33-,37+,46-/m1/s1. The van der Waals surface area contributed by atoms with Gasteiger partial charge in [-0.25, -0.2) is 28.0 Å². The van der Waals surface area contributed by atoms with Gasteiger partial charge < -0.3 is 40.7 Å². The first kappa shape index (κ1) is 47.0. The highest BCUT2D eigenvalue weighted by Crippen LogP contribution is 2.46. The number of benzene rings is 1. The number of carboxylic acids is 1. The second kappa shape index (κ2) is 18.9. The van der Waals surface area contributed by atoms with E-state index in [1.165, 1.54) is 16.2 Å². The molecule has 0 radical (unpaired) electrons. The average Bonchev–Trinajstić information content (AvgIpc) is 3.49. The quantitative estimate of drug-likeness (QED) is 0.129. The van der Waals surface area contributed by atoms with Crippen LogP contribution < -0.4 is 30.7 Å². The maximum absolute atomic E-state index is 15.0.